The van der Waals surface area contributed by atoms with Gasteiger partial charge in [-0.15, -0.1) is 0 Å². The van der Waals surface area contributed by atoms with Crippen molar-refractivity contribution in [2.75, 3.05) is 6.54 Å². The lowest BCUT2D eigenvalue weighted by Crippen LogP contribution is -2.41. The number of carbonyl (C=O) groups excluding carboxylic acids is 2. The van der Waals surface area contributed by atoms with Crippen molar-refractivity contribution in [2.24, 2.45) is 5.92 Å². The molecule has 6 rings (SSSR count). The van der Waals surface area contributed by atoms with Crippen molar-refractivity contribution >= 4 is 11.8 Å². The van der Waals surface area contributed by atoms with E-state index in [0.29, 0.717) is 24.7 Å². The topological polar surface area (TPSA) is 97.6 Å². The first kappa shape index (κ1) is 24.9. The Labute approximate surface area is 227 Å². The maximum absolute atomic E-state index is 13.2. The molecule has 4 aromatic rings. The number of amides is 2. The van der Waals surface area contributed by atoms with E-state index < -0.39 is 0 Å². The van der Waals surface area contributed by atoms with Crippen LogP contribution in [0.4, 0.5) is 0 Å². The first-order chi connectivity index (χ1) is 19.0. The predicted molar refractivity (Wildman–Crippen MR) is 144 cm³/mol. The number of nitrogens with zero attached hydrogens (tertiary/aromatic N) is 3. The minimum Gasteiger partial charge on any atom is -0.484 e. The quantitative estimate of drug-likeness (QED) is 0.358. The molecule has 8 nitrogen and oxygen atoms in total. The molecule has 1 saturated carbocycles. The molecule has 1 fully saturated rings. The largest absolute Gasteiger partial charge is 0.484 e. The molecule has 1 aliphatic heterocycles. The molecule has 2 amide bonds. The van der Waals surface area contributed by atoms with Gasteiger partial charge < -0.3 is 19.4 Å². The van der Waals surface area contributed by atoms with Crippen molar-refractivity contribution in [3.05, 3.63) is 113 Å². The van der Waals surface area contributed by atoms with Gasteiger partial charge >= 0.3 is 0 Å². The molecule has 198 valence electrons. The Kier molecular flexibility index (Phi) is 6.84. The molecule has 8 heteroatoms. The van der Waals surface area contributed by atoms with Gasteiger partial charge in [-0.1, -0.05) is 42.0 Å². The van der Waals surface area contributed by atoms with E-state index in [9.17, 15) is 9.59 Å². The van der Waals surface area contributed by atoms with Crippen LogP contribution in [0.15, 0.2) is 77.7 Å². The number of hydrogen-bond donors (Lipinski definition) is 1. The van der Waals surface area contributed by atoms with Gasteiger partial charge in [0.1, 0.15) is 12.0 Å². The average Bonchev–Trinajstić information content (AvgIpc) is 3.72. The monoisotopic (exact) mass is 522 g/mol. The number of aromatic nitrogens is 2. The fourth-order valence-electron chi connectivity index (χ4n) is 5.00. The number of fused-ring (bicyclic) bond motifs is 1. The summed E-state index contributed by atoms with van der Waals surface area (Å²) in [5.41, 5.74) is 5.67. The van der Waals surface area contributed by atoms with Crippen molar-refractivity contribution in [2.45, 2.75) is 45.4 Å². The summed E-state index contributed by atoms with van der Waals surface area (Å²) in [7, 11) is 0. The Morgan fingerprint density at radius 2 is 1.97 bits per heavy atom. The highest BCUT2D eigenvalue weighted by Crippen LogP contribution is 2.41. The maximum atomic E-state index is 13.2. The molecular weight excluding hydrogens is 492 g/mol. The zero-order valence-electron chi connectivity index (χ0n) is 21.8. The number of aryl methyl sites for hydroxylation is 1. The molecule has 2 aliphatic rings. The summed E-state index contributed by atoms with van der Waals surface area (Å²) in [6.45, 7) is 3.21. The SMILES string of the molecule is Cc1ccc([C@H]2c3cc(OCc4nc(C(=O)NCc5cccnc5)co4)ccc3CCN2C(=O)C2CC2)cc1. The van der Waals surface area contributed by atoms with Gasteiger partial charge in [0.2, 0.25) is 11.8 Å². The standard InChI is InChI=1S/C31H30N4O4/c1-20-4-6-23(7-5-20)29-26-15-25(11-10-22(26)12-14-35(29)31(37)24-8-9-24)38-19-28-34-27(18-39-28)30(36)33-17-21-3-2-13-32-16-21/h2-7,10-11,13,15-16,18,24,29H,8-9,12,14,17,19H2,1H3,(H,33,36)/t29-/m0/s1. The highest BCUT2D eigenvalue weighted by atomic mass is 16.5. The molecule has 39 heavy (non-hydrogen) atoms. The van der Waals surface area contributed by atoms with Gasteiger partial charge in [-0.3, -0.25) is 14.6 Å². The van der Waals surface area contributed by atoms with Crippen molar-refractivity contribution in [3.8, 4) is 5.75 Å². The first-order valence-electron chi connectivity index (χ1n) is 13.3. The molecule has 0 saturated heterocycles. The van der Waals surface area contributed by atoms with E-state index in [4.69, 9.17) is 9.15 Å². The zero-order chi connectivity index (χ0) is 26.8. The summed E-state index contributed by atoms with van der Waals surface area (Å²) >= 11 is 0. The Balaban J connectivity index is 1.17. The Hall–Kier alpha value is -4.46. The minimum absolute atomic E-state index is 0.0780. The van der Waals surface area contributed by atoms with Gasteiger partial charge in [-0.05, 0) is 66.6 Å². The second-order valence-electron chi connectivity index (χ2n) is 10.2. The molecule has 3 heterocycles. The van der Waals surface area contributed by atoms with Crippen molar-refractivity contribution in [3.63, 3.8) is 0 Å². The lowest BCUT2D eigenvalue weighted by Gasteiger charge is -2.38. The number of hydrogen-bond acceptors (Lipinski definition) is 6. The second kappa shape index (κ2) is 10.7. The molecule has 0 spiro atoms. The molecule has 0 bridgehead atoms. The van der Waals surface area contributed by atoms with Crippen LogP contribution in [-0.4, -0.2) is 33.2 Å². The molecular formula is C31H30N4O4. The highest BCUT2D eigenvalue weighted by Gasteiger charge is 2.39. The molecule has 2 aromatic heterocycles. The van der Waals surface area contributed by atoms with E-state index in [1.807, 2.05) is 29.2 Å². The van der Waals surface area contributed by atoms with Crippen molar-refractivity contribution < 1.29 is 18.7 Å². The summed E-state index contributed by atoms with van der Waals surface area (Å²) in [4.78, 5) is 36.1. The van der Waals surface area contributed by atoms with Gasteiger partial charge in [0.05, 0.1) is 6.04 Å². The van der Waals surface area contributed by atoms with E-state index in [0.717, 1.165) is 36.0 Å². The number of nitrogens with one attached hydrogen (secondary N) is 1. The maximum Gasteiger partial charge on any atom is 0.273 e. The van der Waals surface area contributed by atoms with Crippen LogP contribution in [0.5, 0.6) is 5.75 Å². The average molecular weight is 523 g/mol. The van der Waals surface area contributed by atoms with Gasteiger partial charge in [-0.2, -0.15) is 0 Å². The van der Waals surface area contributed by atoms with E-state index in [1.54, 1.807) is 12.4 Å². The number of rotatable bonds is 8. The summed E-state index contributed by atoms with van der Waals surface area (Å²) in [6.07, 6.45) is 7.49. The lowest BCUT2D eigenvalue weighted by molar-refractivity contribution is -0.134. The summed E-state index contributed by atoms with van der Waals surface area (Å²) in [5, 5.41) is 2.81. The third-order valence-corrected chi connectivity index (χ3v) is 7.27. The summed E-state index contributed by atoms with van der Waals surface area (Å²) in [6, 6.07) is 18.0. The van der Waals surface area contributed by atoms with Gasteiger partial charge in [0.25, 0.3) is 5.91 Å². The van der Waals surface area contributed by atoms with Gasteiger partial charge in [-0.25, -0.2) is 4.98 Å². The van der Waals surface area contributed by atoms with Crippen LogP contribution in [0.2, 0.25) is 0 Å². The van der Waals surface area contributed by atoms with Crippen LogP contribution in [0.3, 0.4) is 0 Å². The second-order valence-corrected chi connectivity index (χ2v) is 10.2. The normalized spacial score (nSPS) is 16.4. The van der Waals surface area contributed by atoms with Crippen LogP contribution in [0.1, 0.15) is 63.1 Å². The molecule has 1 aliphatic carbocycles. The number of ether oxygens (including phenoxy) is 1. The fraction of sp³-hybridized carbons (Fsp3) is 0.290. The van der Waals surface area contributed by atoms with E-state index in [1.165, 1.54) is 17.4 Å². The van der Waals surface area contributed by atoms with Crippen LogP contribution in [-0.2, 0) is 24.4 Å². The van der Waals surface area contributed by atoms with Crippen molar-refractivity contribution in [1.82, 2.24) is 20.2 Å². The Bertz CT molecular complexity index is 1480. The minimum atomic E-state index is -0.330. The van der Waals surface area contributed by atoms with E-state index in [-0.39, 0.29) is 36.1 Å². The molecule has 0 unspecified atom stereocenters. The van der Waals surface area contributed by atoms with Crippen LogP contribution < -0.4 is 10.1 Å². The van der Waals surface area contributed by atoms with Crippen LogP contribution in [0.25, 0.3) is 0 Å². The highest BCUT2D eigenvalue weighted by molar-refractivity contribution is 5.91. The van der Waals surface area contributed by atoms with E-state index >= 15 is 0 Å². The number of benzene rings is 2. The predicted octanol–water partition coefficient (Wildman–Crippen LogP) is 4.77. The fourth-order valence-corrected chi connectivity index (χ4v) is 5.00. The zero-order valence-corrected chi connectivity index (χ0v) is 21.8. The molecule has 1 atom stereocenters. The smallest absolute Gasteiger partial charge is 0.273 e. The lowest BCUT2D eigenvalue weighted by atomic mass is 9.87. The van der Waals surface area contributed by atoms with E-state index in [2.05, 4.69) is 52.5 Å². The summed E-state index contributed by atoms with van der Waals surface area (Å²) in [5.74, 6) is 1.03. The molecule has 1 N–H and O–H groups in total. The number of carbonyl (C=O) groups is 2. The van der Waals surface area contributed by atoms with Gasteiger partial charge in [0.15, 0.2) is 12.3 Å². The molecule has 0 radical (unpaired) electrons. The van der Waals surface area contributed by atoms with Crippen LogP contribution in [0, 0.1) is 12.8 Å². The first-order valence-corrected chi connectivity index (χ1v) is 13.3. The third-order valence-electron chi connectivity index (χ3n) is 7.27. The Morgan fingerprint density at radius 3 is 2.74 bits per heavy atom. The van der Waals surface area contributed by atoms with Crippen LogP contribution >= 0.6 is 0 Å². The third kappa shape index (κ3) is 5.55. The van der Waals surface area contributed by atoms with Gasteiger partial charge in [0, 0.05) is 31.4 Å². The molecule has 2 aromatic carbocycles. The Morgan fingerprint density at radius 1 is 1.13 bits per heavy atom. The number of oxazole rings is 1. The number of pyridine rings is 1. The van der Waals surface area contributed by atoms with Crippen molar-refractivity contribution in [1.29, 1.82) is 0 Å². The summed E-state index contributed by atoms with van der Waals surface area (Å²) < 4.78 is 11.5.